The third-order valence-corrected chi connectivity index (χ3v) is 4.80. The van der Waals surface area contributed by atoms with Gasteiger partial charge in [-0.2, -0.15) is 0 Å². The predicted octanol–water partition coefficient (Wildman–Crippen LogP) is 3.18. The summed E-state index contributed by atoms with van der Waals surface area (Å²) < 4.78 is 1.98. The number of aryl methyl sites for hydroxylation is 3. The van der Waals surface area contributed by atoms with Crippen molar-refractivity contribution in [1.29, 1.82) is 0 Å². The van der Waals surface area contributed by atoms with Crippen LogP contribution >= 0.6 is 0 Å². The molecule has 146 valence electrons. The number of nitrogens with zero attached hydrogens (tertiary/aromatic N) is 4. The summed E-state index contributed by atoms with van der Waals surface area (Å²) in [4.78, 5) is 4.74. The van der Waals surface area contributed by atoms with Gasteiger partial charge in [0.25, 0.3) is 0 Å². The molecule has 3 rings (SSSR count). The van der Waals surface area contributed by atoms with Crippen LogP contribution in [0.15, 0.2) is 53.5 Å². The van der Waals surface area contributed by atoms with Gasteiger partial charge in [-0.1, -0.05) is 54.1 Å². The Morgan fingerprint density at radius 1 is 0.964 bits per heavy atom. The molecule has 2 aromatic carbocycles. The van der Waals surface area contributed by atoms with Crippen molar-refractivity contribution in [3.8, 4) is 0 Å². The molecule has 0 saturated carbocycles. The zero-order valence-corrected chi connectivity index (χ0v) is 17.0. The minimum atomic E-state index is 0.560. The van der Waals surface area contributed by atoms with Crippen LogP contribution in [0.1, 0.15) is 33.9 Å². The fraction of sp³-hybridized carbons (Fsp3) is 0.318. The summed E-state index contributed by atoms with van der Waals surface area (Å²) in [6, 6.07) is 16.7. The molecule has 0 fully saturated rings. The number of hydrogen-bond donors (Lipinski definition) is 2. The van der Waals surface area contributed by atoms with Gasteiger partial charge < -0.3 is 15.2 Å². The molecule has 0 aliphatic carbocycles. The molecule has 0 atom stereocenters. The fourth-order valence-electron chi connectivity index (χ4n) is 2.92. The van der Waals surface area contributed by atoms with Crippen molar-refractivity contribution in [1.82, 2.24) is 25.4 Å². The van der Waals surface area contributed by atoms with Crippen LogP contribution in [-0.4, -0.2) is 20.7 Å². The monoisotopic (exact) mass is 376 g/mol. The first-order valence-corrected chi connectivity index (χ1v) is 9.50. The molecule has 0 aliphatic rings. The van der Waals surface area contributed by atoms with Crippen LogP contribution in [0.3, 0.4) is 0 Å². The first-order chi connectivity index (χ1) is 13.5. The number of guanidine groups is 1. The first-order valence-electron chi connectivity index (χ1n) is 9.50. The Morgan fingerprint density at radius 3 is 2.39 bits per heavy atom. The van der Waals surface area contributed by atoms with Crippen molar-refractivity contribution in [3.05, 3.63) is 82.4 Å². The Kier molecular flexibility index (Phi) is 6.42. The number of aromatic nitrogens is 3. The van der Waals surface area contributed by atoms with E-state index in [1.54, 1.807) is 0 Å². The van der Waals surface area contributed by atoms with Crippen LogP contribution < -0.4 is 10.6 Å². The Labute approximate surface area is 166 Å². The maximum absolute atomic E-state index is 4.74. The molecule has 1 heterocycles. The van der Waals surface area contributed by atoms with Gasteiger partial charge in [0.15, 0.2) is 11.8 Å². The van der Waals surface area contributed by atoms with Crippen molar-refractivity contribution in [2.45, 2.75) is 40.4 Å². The quantitative estimate of drug-likeness (QED) is 0.512. The Balaban J connectivity index is 1.70. The van der Waals surface area contributed by atoms with E-state index in [1.807, 2.05) is 36.7 Å². The highest BCUT2D eigenvalue weighted by atomic mass is 15.3. The van der Waals surface area contributed by atoms with Gasteiger partial charge in [0.2, 0.25) is 0 Å². The van der Waals surface area contributed by atoms with Gasteiger partial charge in [-0.15, -0.1) is 10.2 Å². The maximum Gasteiger partial charge on any atom is 0.192 e. The number of rotatable bonds is 6. The van der Waals surface area contributed by atoms with Crippen molar-refractivity contribution in [2.24, 2.45) is 12.0 Å². The third kappa shape index (κ3) is 5.19. The summed E-state index contributed by atoms with van der Waals surface area (Å²) in [5.74, 6) is 2.52. The summed E-state index contributed by atoms with van der Waals surface area (Å²) in [6.45, 7) is 8.08. The van der Waals surface area contributed by atoms with Gasteiger partial charge in [0, 0.05) is 13.6 Å². The van der Waals surface area contributed by atoms with Crippen molar-refractivity contribution in [3.63, 3.8) is 0 Å². The summed E-state index contributed by atoms with van der Waals surface area (Å²) >= 11 is 0. The number of hydrogen-bond acceptors (Lipinski definition) is 3. The topological polar surface area (TPSA) is 67.1 Å². The zero-order valence-electron chi connectivity index (χ0n) is 17.0. The van der Waals surface area contributed by atoms with Crippen LogP contribution in [0, 0.1) is 20.8 Å². The lowest BCUT2D eigenvalue weighted by Crippen LogP contribution is -2.37. The van der Waals surface area contributed by atoms with E-state index in [0.29, 0.717) is 19.6 Å². The predicted molar refractivity (Wildman–Crippen MR) is 113 cm³/mol. The van der Waals surface area contributed by atoms with Gasteiger partial charge in [-0.25, -0.2) is 4.99 Å². The standard InChI is InChI=1S/C22H28N6/c1-16-10-11-20(17(2)12-16)14-24-22(23-13-19-8-6-5-7-9-19)25-15-21-27-26-18(3)28(21)4/h5-12H,13-15H2,1-4H3,(H2,23,24,25). The normalized spacial score (nSPS) is 11.5. The number of benzene rings is 2. The molecule has 6 heteroatoms. The number of aliphatic imine (C=N–C) groups is 1. The van der Waals surface area contributed by atoms with Crippen molar-refractivity contribution in [2.75, 3.05) is 0 Å². The Bertz CT molecular complexity index is 943. The summed E-state index contributed by atoms with van der Waals surface area (Å²) in [5, 5.41) is 15.2. The lowest BCUT2D eigenvalue weighted by Gasteiger charge is -2.14. The highest BCUT2D eigenvalue weighted by Crippen LogP contribution is 2.10. The molecule has 0 bridgehead atoms. The van der Waals surface area contributed by atoms with E-state index in [2.05, 4.69) is 65.0 Å². The smallest absolute Gasteiger partial charge is 0.192 e. The molecule has 28 heavy (non-hydrogen) atoms. The fourth-order valence-corrected chi connectivity index (χ4v) is 2.92. The SMILES string of the molecule is Cc1ccc(CNC(=NCc2ccccc2)NCc2nnc(C)n2C)c(C)c1. The molecule has 2 N–H and O–H groups in total. The highest BCUT2D eigenvalue weighted by Gasteiger charge is 2.07. The van der Waals surface area contributed by atoms with E-state index in [9.17, 15) is 0 Å². The second kappa shape index (κ2) is 9.17. The van der Waals surface area contributed by atoms with E-state index in [1.165, 1.54) is 22.3 Å². The Hall–Kier alpha value is -3.15. The third-order valence-electron chi connectivity index (χ3n) is 4.80. The molecule has 0 spiro atoms. The van der Waals surface area contributed by atoms with E-state index in [0.717, 1.165) is 17.6 Å². The van der Waals surface area contributed by atoms with Gasteiger partial charge in [-0.05, 0) is 37.5 Å². The van der Waals surface area contributed by atoms with Crippen molar-refractivity contribution >= 4 is 5.96 Å². The molecule has 0 aliphatic heterocycles. The molecule has 0 amide bonds. The van der Waals surface area contributed by atoms with Gasteiger partial charge in [0.1, 0.15) is 5.82 Å². The second-order valence-corrected chi connectivity index (χ2v) is 7.01. The van der Waals surface area contributed by atoms with Crippen LogP contribution in [0.25, 0.3) is 0 Å². The average Bonchev–Trinajstić information content (AvgIpc) is 3.01. The van der Waals surface area contributed by atoms with Gasteiger partial charge in [0.05, 0.1) is 13.1 Å². The van der Waals surface area contributed by atoms with E-state index < -0.39 is 0 Å². The molecule has 1 aromatic heterocycles. The molecule has 0 saturated heterocycles. The van der Waals surface area contributed by atoms with Gasteiger partial charge in [-0.3, -0.25) is 0 Å². The van der Waals surface area contributed by atoms with Crippen LogP contribution in [0.2, 0.25) is 0 Å². The largest absolute Gasteiger partial charge is 0.352 e. The average molecular weight is 377 g/mol. The van der Waals surface area contributed by atoms with E-state index in [4.69, 9.17) is 4.99 Å². The minimum absolute atomic E-state index is 0.560. The molecule has 0 unspecified atom stereocenters. The highest BCUT2D eigenvalue weighted by molar-refractivity contribution is 5.79. The minimum Gasteiger partial charge on any atom is -0.352 e. The molecular weight excluding hydrogens is 348 g/mol. The van der Waals surface area contributed by atoms with E-state index >= 15 is 0 Å². The van der Waals surface area contributed by atoms with Crippen LogP contribution in [0.4, 0.5) is 0 Å². The summed E-state index contributed by atoms with van der Waals surface area (Å²) in [7, 11) is 1.97. The zero-order chi connectivity index (χ0) is 19.9. The maximum atomic E-state index is 4.74. The van der Waals surface area contributed by atoms with Crippen molar-refractivity contribution < 1.29 is 0 Å². The summed E-state index contributed by atoms with van der Waals surface area (Å²) in [5.41, 5.74) is 4.98. The first kappa shape index (κ1) is 19.6. The molecule has 6 nitrogen and oxygen atoms in total. The lowest BCUT2D eigenvalue weighted by atomic mass is 10.1. The molecule has 3 aromatic rings. The van der Waals surface area contributed by atoms with Gasteiger partial charge >= 0.3 is 0 Å². The van der Waals surface area contributed by atoms with E-state index in [-0.39, 0.29) is 0 Å². The second-order valence-electron chi connectivity index (χ2n) is 7.01. The molecular formula is C22H28N6. The summed E-state index contributed by atoms with van der Waals surface area (Å²) in [6.07, 6.45) is 0. The molecule has 0 radical (unpaired) electrons. The van der Waals surface area contributed by atoms with Crippen LogP contribution in [-0.2, 0) is 26.7 Å². The van der Waals surface area contributed by atoms with Crippen LogP contribution in [0.5, 0.6) is 0 Å². The Morgan fingerprint density at radius 2 is 1.71 bits per heavy atom. The lowest BCUT2D eigenvalue weighted by molar-refractivity contribution is 0.714. The number of nitrogens with one attached hydrogen (secondary N) is 2.